The zero-order valence-corrected chi connectivity index (χ0v) is 27.0. The first-order chi connectivity index (χ1) is 21.4. The highest BCUT2D eigenvalue weighted by atomic mass is 16.8. The molecule has 2 aromatic rings. The molecule has 2 aliphatic rings. The van der Waals surface area contributed by atoms with Crippen LogP contribution in [0.5, 0.6) is 0 Å². The molecule has 44 heavy (non-hydrogen) atoms. The number of hydrogen-bond donors (Lipinski definition) is 0. The number of hydrogen-bond acceptors (Lipinski definition) is 6. The molecule has 0 amide bonds. The molecule has 1 saturated heterocycles. The van der Waals surface area contributed by atoms with Gasteiger partial charge in [0.1, 0.15) is 0 Å². The van der Waals surface area contributed by atoms with Gasteiger partial charge in [0.2, 0.25) is 0 Å². The van der Waals surface area contributed by atoms with Crippen LogP contribution in [0.15, 0.2) is 73.3 Å². The molecule has 1 unspecified atom stereocenters. The first kappa shape index (κ1) is 33.9. The van der Waals surface area contributed by atoms with E-state index in [9.17, 15) is 9.59 Å². The van der Waals surface area contributed by atoms with E-state index in [1.165, 1.54) is 5.56 Å². The van der Waals surface area contributed by atoms with Crippen molar-refractivity contribution in [3.63, 3.8) is 0 Å². The lowest BCUT2D eigenvalue weighted by molar-refractivity contribution is -0.209. The fraction of sp³-hybridized carbons (Fsp3) is 0.579. The molecule has 0 spiro atoms. The summed E-state index contributed by atoms with van der Waals surface area (Å²) >= 11 is 0. The van der Waals surface area contributed by atoms with Crippen LogP contribution < -0.4 is 0 Å². The SMILES string of the molecule is C=CC(CC1(c2ccccc2)O[C@@H](C(=O)OCCCC)[C@H](C(=O)OCCCC)O1)C1(CCC)CCC(c2ccccc2)CC1. The second-order valence-electron chi connectivity index (χ2n) is 12.6. The van der Waals surface area contributed by atoms with Gasteiger partial charge in [0, 0.05) is 12.0 Å². The smallest absolute Gasteiger partial charge is 0.338 e. The summed E-state index contributed by atoms with van der Waals surface area (Å²) in [5.41, 5.74) is 2.18. The Bertz CT molecular complexity index is 1140. The van der Waals surface area contributed by atoms with Crippen molar-refractivity contribution in [2.75, 3.05) is 13.2 Å². The lowest BCUT2D eigenvalue weighted by Gasteiger charge is -2.47. The van der Waals surface area contributed by atoms with Crippen LogP contribution in [0, 0.1) is 11.3 Å². The summed E-state index contributed by atoms with van der Waals surface area (Å²) < 4.78 is 24.5. The summed E-state index contributed by atoms with van der Waals surface area (Å²) in [6, 6.07) is 20.5. The Morgan fingerprint density at radius 2 is 1.36 bits per heavy atom. The molecule has 2 aromatic carbocycles. The quantitative estimate of drug-likeness (QED) is 0.108. The number of ether oxygens (including phenoxy) is 4. The second-order valence-corrected chi connectivity index (χ2v) is 12.6. The Balaban J connectivity index is 1.65. The van der Waals surface area contributed by atoms with E-state index < -0.39 is 29.9 Å². The number of carbonyl (C=O) groups is 2. The van der Waals surface area contributed by atoms with Gasteiger partial charge in [-0.25, -0.2) is 9.59 Å². The third-order valence-electron chi connectivity index (χ3n) is 9.63. The molecule has 1 aliphatic heterocycles. The van der Waals surface area contributed by atoms with E-state index in [-0.39, 0.29) is 24.5 Å². The van der Waals surface area contributed by atoms with Gasteiger partial charge in [0.25, 0.3) is 0 Å². The first-order valence-electron chi connectivity index (χ1n) is 16.8. The Kier molecular flexibility index (Phi) is 12.6. The van der Waals surface area contributed by atoms with Gasteiger partial charge in [0.05, 0.1) is 13.2 Å². The van der Waals surface area contributed by atoms with Crippen molar-refractivity contribution in [1.29, 1.82) is 0 Å². The molecular weight excluding hydrogens is 552 g/mol. The molecule has 6 heteroatoms. The minimum Gasteiger partial charge on any atom is -0.464 e. The van der Waals surface area contributed by atoms with Crippen molar-refractivity contribution in [1.82, 2.24) is 0 Å². The van der Waals surface area contributed by atoms with Crippen molar-refractivity contribution in [2.24, 2.45) is 11.3 Å². The van der Waals surface area contributed by atoms with Crippen LogP contribution in [-0.4, -0.2) is 37.4 Å². The minimum atomic E-state index is -1.33. The first-order valence-corrected chi connectivity index (χ1v) is 16.8. The Morgan fingerprint density at radius 1 is 0.841 bits per heavy atom. The van der Waals surface area contributed by atoms with Gasteiger partial charge in [-0.05, 0) is 67.8 Å². The monoisotopic (exact) mass is 604 g/mol. The molecule has 1 aliphatic carbocycles. The van der Waals surface area contributed by atoms with Crippen LogP contribution in [0.3, 0.4) is 0 Å². The number of esters is 2. The highest BCUT2D eigenvalue weighted by Crippen LogP contribution is 2.55. The number of carbonyl (C=O) groups excluding carboxylic acids is 2. The maximum Gasteiger partial charge on any atom is 0.338 e. The molecular formula is C38H52O6. The fourth-order valence-corrected chi connectivity index (χ4v) is 7.14. The molecule has 6 nitrogen and oxygen atoms in total. The highest BCUT2D eigenvalue weighted by Gasteiger charge is 2.57. The molecule has 2 fully saturated rings. The number of unbranched alkanes of at least 4 members (excludes halogenated alkanes) is 2. The third-order valence-corrected chi connectivity index (χ3v) is 9.63. The Labute approximate surface area is 264 Å². The van der Waals surface area contributed by atoms with Crippen molar-refractivity contribution in [3.8, 4) is 0 Å². The second kappa shape index (κ2) is 16.4. The molecule has 1 heterocycles. The van der Waals surface area contributed by atoms with Crippen molar-refractivity contribution >= 4 is 11.9 Å². The van der Waals surface area contributed by atoms with Crippen molar-refractivity contribution in [2.45, 2.75) is 115 Å². The summed E-state index contributed by atoms with van der Waals surface area (Å²) in [4.78, 5) is 26.8. The van der Waals surface area contributed by atoms with E-state index in [1.54, 1.807) is 0 Å². The lowest BCUT2D eigenvalue weighted by atomic mass is 9.59. The summed E-state index contributed by atoms with van der Waals surface area (Å²) in [5.74, 6) is -1.93. The van der Waals surface area contributed by atoms with Gasteiger partial charge in [0.15, 0.2) is 18.0 Å². The normalized spacial score (nSPS) is 25.2. The fourth-order valence-electron chi connectivity index (χ4n) is 7.14. The molecule has 0 bridgehead atoms. The molecule has 240 valence electrons. The van der Waals surface area contributed by atoms with Gasteiger partial charge in [-0.1, -0.05) is 107 Å². The number of allylic oxidation sites excluding steroid dienone is 1. The topological polar surface area (TPSA) is 71.1 Å². The van der Waals surface area contributed by atoms with E-state index in [0.29, 0.717) is 12.3 Å². The van der Waals surface area contributed by atoms with Crippen molar-refractivity contribution < 1.29 is 28.5 Å². The van der Waals surface area contributed by atoms with Gasteiger partial charge in [-0.2, -0.15) is 0 Å². The largest absolute Gasteiger partial charge is 0.464 e. The van der Waals surface area contributed by atoms with Crippen LogP contribution in [0.4, 0.5) is 0 Å². The van der Waals surface area contributed by atoms with E-state index in [0.717, 1.165) is 69.8 Å². The van der Waals surface area contributed by atoms with E-state index >= 15 is 0 Å². The van der Waals surface area contributed by atoms with Crippen LogP contribution in [-0.2, 0) is 34.3 Å². The maximum atomic E-state index is 13.4. The Hall–Kier alpha value is -2.96. The van der Waals surface area contributed by atoms with Gasteiger partial charge >= 0.3 is 11.9 Å². The predicted molar refractivity (Wildman–Crippen MR) is 173 cm³/mol. The van der Waals surface area contributed by atoms with Gasteiger partial charge < -0.3 is 18.9 Å². The Morgan fingerprint density at radius 3 is 1.84 bits per heavy atom. The van der Waals surface area contributed by atoms with Gasteiger partial charge in [-0.15, -0.1) is 6.58 Å². The minimum absolute atomic E-state index is 0.00708. The molecule has 0 radical (unpaired) electrons. The summed E-state index contributed by atoms with van der Waals surface area (Å²) in [5, 5.41) is 0. The predicted octanol–water partition coefficient (Wildman–Crippen LogP) is 8.65. The number of benzene rings is 2. The maximum absolute atomic E-state index is 13.4. The van der Waals surface area contributed by atoms with Crippen LogP contribution in [0.2, 0.25) is 0 Å². The molecule has 4 rings (SSSR count). The van der Waals surface area contributed by atoms with E-state index in [1.807, 2.05) is 44.2 Å². The zero-order valence-electron chi connectivity index (χ0n) is 27.0. The highest BCUT2D eigenvalue weighted by molar-refractivity contribution is 5.86. The van der Waals surface area contributed by atoms with Gasteiger partial charge in [-0.3, -0.25) is 0 Å². The lowest BCUT2D eigenvalue weighted by Crippen LogP contribution is -2.40. The molecule has 1 saturated carbocycles. The zero-order chi connectivity index (χ0) is 31.4. The standard InChI is InChI=1S/C38H52O6/c1-5-9-26-41-35(39)33-34(36(40)42-27-10-6-2)44-38(43-33,32-19-15-12-16-20-32)28-31(8-4)37(23-7-3)24-21-30(22-25-37)29-17-13-11-14-18-29/h8,11-20,30-31,33-34H,4-7,9-10,21-28H2,1-3H3/t30?,31?,33-,34-,37?/m1/s1. The molecule has 3 atom stereocenters. The molecule has 0 aromatic heterocycles. The van der Waals surface area contributed by atoms with Crippen molar-refractivity contribution in [3.05, 3.63) is 84.4 Å². The summed E-state index contributed by atoms with van der Waals surface area (Å²) in [7, 11) is 0. The van der Waals surface area contributed by atoms with E-state index in [4.69, 9.17) is 18.9 Å². The van der Waals surface area contributed by atoms with Crippen LogP contribution in [0.25, 0.3) is 0 Å². The summed E-state index contributed by atoms with van der Waals surface area (Å²) in [6.45, 7) is 11.2. The average Bonchev–Trinajstić information content (AvgIpc) is 3.46. The number of rotatable bonds is 16. The van der Waals surface area contributed by atoms with Crippen LogP contribution >= 0.6 is 0 Å². The molecule has 0 N–H and O–H groups in total. The average molecular weight is 605 g/mol. The van der Waals surface area contributed by atoms with E-state index in [2.05, 4.69) is 49.9 Å². The van der Waals surface area contributed by atoms with Crippen LogP contribution in [0.1, 0.15) is 108 Å². The summed E-state index contributed by atoms with van der Waals surface area (Å²) in [6.07, 6.45) is 9.74. The third kappa shape index (κ3) is 8.00.